The summed E-state index contributed by atoms with van der Waals surface area (Å²) in [6, 6.07) is 7.41. The van der Waals surface area contributed by atoms with Crippen LogP contribution in [0.1, 0.15) is 33.9 Å². The SMILES string of the molecule is CC(C)OC(=O)[C@H](C)NP(=O)(OC[C@@]1(F)O[C@@H](n2ccc(=O)[nH]c2=O)[C@](C)(Cl)C1=O)Oc1ccccc1. The molecule has 0 spiro atoms. The minimum absolute atomic E-state index is 0.0502. The van der Waals surface area contributed by atoms with Crippen LogP contribution >= 0.6 is 19.3 Å². The Morgan fingerprint density at radius 3 is 2.49 bits per heavy atom. The summed E-state index contributed by atoms with van der Waals surface area (Å²) in [5.74, 6) is -5.35. The van der Waals surface area contributed by atoms with Gasteiger partial charge in [0.2, 0.25) is 5.78 Å². The van der Waals surface area contributed by atoms with Crippen LogP contribution in [0.25, 0.3) is 0 Å². The van der Waals surface area contributed by atoms with Crippen molar-refractivity contribution < 1.29 is 37.1 Å². The smallest absolute Gasteiger partial charge is 0.459 e. The van der Waals surface area contributed by atoms with Gasteiger partial charge in [-0.05, 0) is 39.8 Å². The van der Waals surface area contributed by atoms with Gasteiger partial charge >= 0.3 is 19.4 Å². The Balaban J connectivity index is 1.87. The Labute approximate surface area is 215 Å². The van der Waals surface area contributed by atoms with Crippen LogP contribution in [0.15, 0.2) is 52.2 Å². The fourth-order valence-electron chi connectivity index (χ4n) is 3.35. The van der Waals surface area contributed by atoms with Gasteiger partial charge in [0, 0.05) is 12.3 Å². The van der Waals surface area contributed by atoms with Crippen LogP contribution in [0.4, 0.5) is 4.39 Å². The van der Waals surface area contributed by atoms with E-state index in [0.29, 0.717) is 0 Å². The van der Waals surface area contributed by atoms with E-state index in [4.69, 9.17) is 30.1 Å². The topological polar surface area (TPSA) is 155 Å². The van der Waals surface area contributed by atoms with Crippen molar-refractivity contribution >= 4 is 31.1 Å². The van der Waals surface area contributed by atoms with Crippen molar-refractivity contribution in [1.82, 2.24) is 14.6 Å². The van der Waals surface area contributed by atoms with Crippen molar-refractivity contribution in [3.63, 3.8) is 0 Å². The Kier molecular flexibility index (Phi) is 8.45. The molecule has 0 aliphatic carbocycles. The first kappa shape index (κ1) is 28.7. The van der Waals surface area contributed by atoms with Gasteiger partial charge in [-0.1, -0.05) is 18.2 Å². The summed E-state index contributed by atoms with van der Waals surface area (Å²) in [5.41, 5.74) is -1.73. The predicted octanol–water partition coefficient (Wildman–Crippen LogP) is 2.43. The van der Waals surface area contributed by atoms with Crippen LogP contribution in [0, 0.1) is 0 Å². The number of ether oxygens (including phenoxy) is 2. The van der Waals surface area contributed by atoms with Crippen molar-refractivity contribution in [3.8, 4) is 5.75 Å². The quantitative estimate of drug-likeness (QED) is 0.251. The average Bonchev–Trinajstić information content (AvgIpc) is 2.98. The van der Waals surface area contributed by atoms with Crippen molar-refractivity contribution in [3.05, 3.63) is 63.4 Å². The third kappa shape index (κ3) is 6.55. The second-order valence-corrected chi connectivity index (χ2v) is 11.1. The van der Waals surface area contributed by atoms with E-state index < -0.39 is 66.5 Å². The number of carbonyl (C=O) groups is 2. The molecule has 0 amide bonds. The molecule has 202 valence electrons. The number of hydrogen-bond acceptors (Lipinski definition) is 9. The first-order chi connectivity index (χ1) is 17.2. The first-order valence-corrected chi connectivity index (χ1v) is 13.0. The molecular formula is C22H26ClFN3O9P. The number of Topliss-reactive ketones (excluding diaryl/α,β-unsaturated/α-hetero) is 1. The number of ketones is 1. The summed E-state index contributed by atoms with van der Waals surface area (Å²) in [6.07, 6.45) is -1.18. The molecule has 0 radical (unpaired) electrons. The number of esters is 1. The fourth-order valence-corrected chi connectivity index (χ4v) is 5.14. The van der Waals surface area contributed by atoms with Crippen LogP contribution < -0.4 is 20.9 Å². The molecule has 0 saturated carbocycles. The maximum atomic E-state index is 15.8. The van der Waals surface area contributed by atoms with E-state index in [1.54, 1.807) is 32.0 Å². The lowest BCUT2D eigenvalue weighted by molar-refractivity contribution is -0.182. The molecule has 1 aliphatic heterocycles. The molecule has 2 heterocycles. The second-order valence-electron chi connectivity index (χ2n) is 8.63. The number of para-hydroxylation sites is 1. The lowest BCUT2D eigenvalue weighted by atomic mass is 10.0. The highest BCUT2D eigenvalue weighted by atomic mass is 35.5. The van der Waals surface area contributed by atoms with Gasteiger partial charge in [0.1, 0.15) is 18.4 Å². The summed E-state index contributed by atoms with van der Waals surface area (Å²) in [4.78, 5) is 48.6. The van der Waals surface area contributed by atoms with E-state index in [2.05, 4.69) is 5.09 Å². The molecule has 1 aliphatic rings. The standard InChI is InChI=1S/C22H26ClFN3O9P/c1-13(2)34-17(29)14(3)26-37(32,36-15-8-6-5-7-9-15)33-12-22(24)18(30)21(4,23)19(35-22)27-11-10-16(28)25-20(27)31/h5-11,13-14,19H,12H2,1-4H3,(H,26,32)(H,25,28,31)/t14-,19+,21+,22+,37?/m0/s1. The molecule has 1 fully saturated rings. The molecule has 1 aromatic carbocycles. The maximum absolute atomic E-state index is 15.8. The van der Waals surface area contributed by atoms with Gasteiger partial charge in [-0.3, -0.25) is 28.5 Å². The summed E-state index contributed by atoms with van der Waals surface area (Å²) in [5, 5.41) is 2.36. The summed E-state index contributed by atoms with van der Waals surface area (Å²) in [6.45, 7) is 4.38. The zero-order valence-corrected chi connectivity index (χ0v) is 22.0. The number of carbonyl (C=O) groups excluding carboxylic acids is 2. The number of hydrogen-bond donors (Lipinski definition) is 2. The molecule has 37 heavy (non-hydrogen) atoms. The zero-order valence-electron chi connectivity index (χ0n) is 20.3. The summed E-state index contributed by atoms with van der Waals surface area (Å²) in [7, 11) is -4.55. The Bertz CT molecular complexity index is 1320. The predicted molar refractivity (Wildman–Crippen MR) is 129 cm³/mol. The number of halogens is 2. The summed E-state index contributed by atoms with van der Waals surface area (Å²) >= 11 is 6.27. The maximum Gasteiger partial charge on any atom is 0.459 e. The molecule has 2 aromatic rings. The highest BCUT2D eigenvalue weighted by Gasteiger charge is 2.64. The monoisotopic (exact) mass is 561 g/mol. The number of H-pyrrole nitrogens is 1. The molecule has 15 heteroatoms. The van der Waals surface area contributed by atoms with Crippen LogP contribution in [-0.2, 0) is 28.2 Å². The fraction of sp³-hybridized carbons (Fsp3) is 0.455. The number of alkyl halides is 2. The average molecular weight is 562 g/mol. The van der Waals surface area contributed by atoms with E-state index in [9.17, 15) is 23.7 Å². The van der Waals surface area contributed by atoms with Gasteiger partial charge in [0.05, 0.1) is 6.10 Å². The molecule has 0 bridgehead atoms. The number of nitrogens with zero attached hydrogens (tertiary/aromatic N) is 1. The lowest BCUT2D eigenvalue weighted by Gasteiger charge is -2.26. The molecule has 1 aromatic heterocycles. The summed E-state index contributed by atoms with van der Waals surface area (Å²) < 4.78 is 51.0. The molecular weight excluding hydrogens is 536 g/mol. The van der Waals surface area contributed by atoms with Gasteiger partial charge < -0.3 is 14.0 Å². The number of aromatic amines is 1. The molecule has 3 rings (SSSR count). The van der Waals surface area contributed by atoms with Gasteiger partial charge in [-0.25, -0.2) is 13.8 Å². The van der Waals surface area contributed by atoms with Crippen molar-refractivity contribution in [2.45, 2.75) is 56.8 Å². The van der Waals surface area contributed by atoms with Crippen LogP contribution in [0.2, 0.25) is 0 Å². The third-order valence-electron chi connectivity index (χ3n) is 5.10. The molecule has 2 N–H and O–H groups in total. The Morgan fingerprint density at radius 1 is 1.24 bits per heavy atom. The lowest BCUT2D eigenvalue weighted by Crippen LogP contribution is -2.43. The van der Waals surface area contributed by atoms with Crippen LogP contribution in [0.5, 0.6) is 5.75 Å². The van der Waals surface area contributed by atoms with Gasteiger partial charge in [0.25, 0.3) is 11.4 Å². The van der Waals surface area contributed by atoms with Crippen LogP contribution in [-0.4, -0.2) is 50.8 Å². The third-order valence-corrected chi connectivity index (χ3v) is 7.08. The van der Waals surface area contributed by atoms with E-state index >= 15 is 4.39 Å². The van der Waals surface area contributed by atoms with E-state index in [0.717, 1.165) is 23.8 Å². The van der Waals surface area contributed by atoms with Gasteiger partial charge in [-0.15, -0.1) is 11.6 Å². The number of nitrogens with one attached hydrogen (secondary N) is 2. The van der Waals surface area contributed by atoms with Crippen molar-refractivity contribution in [1.29, 1.82) is 0 Å². The van der Waals surface area contributed by atoms with Gasteiger partial charge in [-0.2, -0.15) is 5.09 Å². The van der Waals surface area contributed by atoms with E-state index in [-0.39, 0.29) is 5.75 Å². The minimum atomic E-state index is -4.55. The molecule has 1 unspecified atom stereocenters. The van der Waals surface area contributed by atoms with Gasteiger partial charge in [0.15, 0.2) is 11.1 Å². The second kappa shape index (κ2) is 10.9. The number of benzene rings is 1. The highest BCUT2D eigenvalue weighted by molar-refractivity contribution is 7.52. The van der Waals surface area contributed by atoms with Crippen molar-refractivity contribution in [2.75, 3.05) is 6.61 Å². The number of rotatable bonds is 10. The first-order valence-electron chi connectivity index (χ1n) is 11.1. The van der Waals surface area contributed by atoms with E-state index in [1.165, 1.54) is 19.1 Å². The van der Waals surface area contributed by atoms with Crippen LogP contribution in [0.3, 0.4) is 0 Å². The molecule has 1 saturated heterocycles. The number of aromatic nitrogens is 2. The normalized spacial score (nSPS) is 26.0. The Hall–Kier alpha value is -2.83. The minimum Gasteiger partial charge on any atom is -0.462 e. The van der Waals surface area contributed by atoms with Crippen molar-refractivity contribution in [2.24, 2.45) is 0 Å². The zero-order chi connectivity index (χ0) is 27.6. The Morgan fingerprint density at radius 2 is 1.89 bits per heavy atom. The molecule has 5 atom stereocenters. The van der Waals surface area contributed by atoms with E-state index in [1.807, 2.05) is 4.98 Å². The molecule has 12 nitrogen and oxygen atoms in total. The largest absolute Gasteiger partial charge is 0.462 e. The highest BCUT2D eigenvalue weighted by Crippen LogP contribution is 2.50.